The van der Waals surface area contributed by atoms with Crippen molar-refractivity contribution in [2.75, 3.05) is 44.7 Å². The van der Waals surface area contributed by atoms with Crippen molar-refractivity contribution in [1.82, 2.24) is 4.90 Å². The van der Waals surface area contributed by atoms with E-state index in [1.165, 1.54) is 19.5 Å². The van der Waals surface area contributed by atoms with Crippen molar-refractivity contribution in [2.45, 2.75) is 26.7 Å². The minimum Gasteiger partial charge on any atom is -0.490 e. The summed E-state index contributed by atoms with van der Waals surface area (Å²) in [5, 5.41) is 3.16. The summed E-state index contributed by atoms with van der Waals surface area (Å²) in [6, 6.07) is 5.77. The highest BCUT2D eigenvalue weighted by atomic mass is 16.5. The number of hydrogen-bond acceptors (Lipinski definition) is 4. The molecule has 1 saturated heterocycles. The van der Waals surface area contributed by atoms with Crippen LogP contribution in [0.25, 0.3) is 0 Å². The molecule has 0 amide bonds. The molecule has 3 N–H and O–H groups in total. The van der Waals surface area contributed by atoms with Crippen molar-refractivity contribution in [1.29, 1.82) is 0 Å². The van der Waals surface area contributed by atoms with Gasteiger partial charge in [0.25, 0.3) is 0 Å². The third-order valence-corrected chi connectivity index (χ3v) is 4.53. The van der Waals surface area contributed by atoms with Crippen molar-refractivity contribution >= 4 is 11.6 Å². The van der Waals surface area contributed by atoms with Crippen LogP contribution in [0.4, 0.5) is 5.69 Å². The summed E-state index contributed by atoms with van der Waals surface area (Å²) in [4.78, 5) is 7.06. The Balaban J connectivity index is 1.51. The average molecular weight is 346 g/mol. The molecule has 0 bridgehead atoms. The molecular weight excluding hydrogens is 316 g/mol. The lowest BCUT2D eigenvalue weighted by Crippen LogP contribution is -2.27. The molecule has 138 valence electrons. The number of fused-ring (bicyclic) bond motifs is 1. The van der Waals surface area contributed by atoms with Crippen LogP contribution in [0.5, 0.6) is 11.5 Å². The minimum absolute atomic E-state index is 0.455. The highest BCUT2D eigenvalue weighted by molar-refractivity contribution is 5.92. The summed E-state index contributed by atoms with van der Waals surface area (Å²) in [6.07, 6.45) is 2.10. The fourth-order valence-corrected chi connectivity index (χ4v) is 3.40. The molecule has 6 heteroatoms. The maximum absolute atomic E-state index is 6.06. The van der Waals surface area contributed by atoms with Gasteiger partial charge in [-0.3, -0.25) is 4.99 Å². The van der Waals surface area contributed by atoms with Crippen LogP contribution in [0, 0.1) is 11.8 Å². The number of rotatable bonds is 5. The van der Waals surface area contributed by atoms with Gasteiger partial charge in [0.2, 0.25) is 0 Å². The second-order valence-corrected chi connectivity index (χ2v) is 7.37. The Bertz CT molecular complexity index is 603. The number of ether oxygens (including phenoxy) is 2. The minimum atomic E-state index is 0.455. The van der Waals surface area contributed by atoms with E-state index in [9.17, 15) is 0 Å². The maximum atomic E-state index is 6.06. The number of anilines is 1. The summed E-state index contributed by atoms with van der Waals surface area (Å²) < 4.78 is 11.3. The van der Waals surface area contributed by atoms with E-state index in [0.29, 0.717) is 31.0 Å². The van der Waals surface area contributed by atoms with Gasteiger partial charge in [-0.15, -0.1) is 0 Å². The van der Waals surface area contributed by atoms with E-state index in [0.717, 1.165) is 36.7 Å². The standard InChI is InChI=1S/C19H30N4O2/c1-14(2)12-23-7-6-15(13-23)11-21-19(20)22-16-4-5-17-18(10-16)25-9-3-8-24-17/h4-5,10,14-15H,3,6-9,11-13H2,1-2H3,(H3,20,21,22). The van der Waals surface area contributed by atoms with E-state index in [1.807, 2.05) is 18.2 Å². The summed E-state index contributed by atoms with van der Waals surface area (Å²) in [5.74, 6) is 3.32. The lowest BCUT2D eigenvalue weighted by atomic mass is 10.1. The van der Waals surface area contributed by atoms with E-state index in [4.69, 9.17) is 15.2 Å². The predicted octanol–water partition coefficient (Wildman–Crippen LogP) is 2.55. The van der Waals surface area contributed by atoms with Crippen molar-refractivity contribution in [3.8, 4) is 11.5 Å². The Morgan fingerprint density at radius 2 is 2.12 bits per heavy atom. The zero-order valence-corrected chi connectivity index (χ0v) is 15.3. The first-order valence-corrected chi connectivity index (χ1v) is 9.29. The van der Waals surface area contributed by atoms with Crippen molar-refractivity contribution in [3.63, 3.8) is 0 Å². The molecule has 0 spiro atoms. The summed E-state index contributed by atoms with van der Waals surface area (Å²) in [5.41, 5.74) is 6.93. The molecule has 1 fully saturated rings. The Hall–Kier alpha value is -1.95. The molecule has 1 aromatic carbocycles. The molecule has 1 aromatic rings. The van der Waals surface area contributed by atoms with Gasteiger partial charge < -0.3 is 25.4 Å². The average Bonchev–Trinajstić information content (AvgIpc) is 2.87. The fourth-order valence-electron chi connectivity index (χ4n) is 3.40. The molecule has 1 atom stereocenters. The molecule has 0 aromatic heterocycles. The Kier molecular flexibility index (Phi) is 6.02. The van der Waals surface area contributed by atoms with E-state index >= 15 is 0 Å². The van der Waals surface area contributed by atoms with Crippen LogP contribution in [0.15, 0.2) is 23.2 Å². The van der Waals surface area contributed by atoms with Crippen molar-refractivity contribution in [3.05, 3.63) is 18.2 Å². The second-order valence-electron chi connectivity index (χ2n) is 7.37. The zero-order valence-electron chi connectivity index (χ0n) is 15.3. The van der Waals surface area contributed by atoms with Gasteiger partial charge in [0.15, 0.2) is 17.5 Å². The smallest absolute Gasteiger partial charge is 0.193 e. The zero-order chi connectivity index (χ0) is 17.6. The third-order valence-electron chi connectivity index (χ3n) is 4.53. The van der Waals surface area contributed by atoms with Crippen LogP contribution in [-0.2, 0) is 0 Å². The van der Waals surface area contributed by atoms with Gasteiger partial charge >= 0.3 is 0 Å². The topological polar surface area (TPSA) is 72.1 Å². The number of likely N-dealkylation sites (tertiary alicyclic amines) is 1. The first kappa shape index (κ1) is 17.9. The fraction of sp³-hybridized carbons (Fsp3) is 0.632. The Morgan fingerprint density at radius 1 is 1.32 bits per heavy atom. The van der Waals surface area contributed by atoms with Crippen LogP contribution in [0.2, 0.25) is 0 Å². The molecule has 3 rings (SSSR count). The van der Waals surface area contributed by atoms with Gasteiger partial charge in [0, 0.05) is 37.8 Å². The van der Waals surface area contributed by atoms with Crippen molar-refractivity contribution < 1.29 is 9.47 Å². The van der Waals surface area contributed by atoms with Gasteiger partial charge in [0.05, 0.1) is 13.2 Å². The summed E-state index contributed by atoms with van der Waals surface area (Å²) in [6.45, 7) is 10.1. The molecule has 2 aliphatic rings. The molecule has 0 saturated carbocycles. The van der Waals surface area contributed by atoms with Gasteiger partial charge in [-0.2, -0.15) is 0 Å². The van der Waals surface area contributed by atoms with Gasteiger partial charge in [-0.05, 0) is 36.9 Å². The third kappa shape index (κ3) is 5.26. The SMILES string of the molecule is CC(C)CN1CCC(CN=C(N)Nc2ccc3c(c2)OCCCO3)C1. The number of hydrogen-bond donors (Lipinski definition) is 2. The molecule has 2 aliphatic heterocycles. The highest BCUT2D eigenvalue weighted by Gasteiger charge is 2.22. The van der Waals surface area contributed by atoms with E-state index < -0.39 is 0 Å². The molecule has 25 heavy (non-hydrogen) atoms. The van der Waals surface area contributed by atoms with E-state index in [-0.39, 0.29) is 0 Å². The maximum Gasteiger partial charge on any atom is 0.193 e. The number of nitrogens with one attached hydrogen (secondary N) is 1. The predicted molar refractivity (Wildman–Crippen MR) is 102 cm³/mol. The molecule has 1 unspecified atom stereocenters. The normalized spacial score (nSPS) is 21.4. The second kappa shape index (κ2) is 8.43. The van der Waals surface area contributed by atoms with Gasteiger partial charge in [-0.25, -0.2) is 0 Å². The molecule has 0 radical (unpaired) electrons. The number of nitrogens with two attached hydrogens (primary N) is 1. The number of nitrogens with zero attached hydrogens (tertiary/aromatic N) is 2. The molecular formula is C19H30N4O2. The largest absolute Gasteiger partial charge is 0.490 e. The Morgan fingerprint density at radius 3 is 2.92 bits per heavy atom. The van der Waals surface area contributed by atoms with Gasteiger partial charge in [-0.1, -0.05) is 13.8 Å². The summed E-state index contributed by atoms with van der Waals surface area (Å²) in [7, 11) is 0. The molecule has 6 nitrogen and oxygen atoms in total. The first-order chi connectivity index (χ1) is 12.1. The lowest BCUT2D eigenvalue weighted by molar-refractivity contribution is 0.288. The summed E-state index contributed by atoms with van der Waals surface area (Å²) >= 11 is 0. The van der Waals surface area contributed by atoms with E-state index in [1.54, 1.807) is 0 Å². The lowest BCUT2D eigenvalue weighted by Gasteiger charge is -2.17. The Labute approximate surface area is 150 Å². The van der Waals surface area contributed by atoms with Crippen molar-refractivity contribution in [2.24, 2.45) is 22.6 Å². The number of guanidine groups is 1. The number of benzene rings is 1. The van der Waals surface area contributed by atoms with E-state index in [2.05, 4.69) is 29.1 Å². The van der Waals surface area contributed by atoms with Crippen LogP contribution in [0.1, 0.15) is 26.7 Å². The quantitative estimate of drug-likeness (QED) is 0.633. The first-order valence-electron chi connectivity index (χ1n) is 9.29. The van der Waals surface area contributed by atoms with Crippen LogP contribution >= 0.6 is 0 Å². The molecule has 0 aliphatic carbocycles. The number of aliphatic imine (C=N–C) groups is 1. The molecule has 2 heterocycles. The van der Waals surface area contributed by atoms with Crippen LogP contribution in [0.3, 0.4) is 0 Å². The van der Waals surface area contributed by atoms with Crippen LogP contribution in [-0.4, -0.2) is 50.3 Å². The highest BCUT2D eigenvalue weighted by Crippen LogP contribution is 2.32. The van der Waals surface area contributed by atoms with Gasteiger partial charge in [0.1, 0.15) is 0 Å². The van der Waals surface area contributed by atoms with Crippen LogP contribution < -0.4 is 20.5 Å². The monoisotopic (exact) mass is 346 g/mol.